The SMILES string of the molecule is CC1(C(=O)O)CC1.CC1(C(O)C(=O)O)CC1.[B]B([B])B(B([B])[B])B([B])[B]. The minimum absolute atomic E-state index is 0.314. The molecule has 15 heteroatoms. The molecule has 2 fully saturated rings. The largest absolute Gasteiger partial charge is 0.481 e. The van der Waals surface area contributed by atoms with Gasteiger partial charge in [0.05, 0.1) is 5.41 Å². The van der Waals surface area contributed by atoms with Gasteiger partial charge in [-0.3, -0.25) is 4.79 Å². The van der Waals surface area contributed by atoms with Crippen molar-refractivity contribution in [1.29, 1.82) is 0 Å². The van der Waals surface area contributed by atoms with Gasteiger partial charge in [-0.05, 0) is 32.6 Å². The number of aliphatic hydroxyl groups excluding tert-OH is 1. The minimum atomic E-state index is -1.16. The number of aliphatic carboxylic acids is 2. The Morgan fingerprint density at radius 3 is 1.23 bits per heavy atom. The van der Waals surface area contributed by atoms with Gasteiger partial charge in [-0.2, -0.15) is 0 Å². The van der Waals surface area contributed by atoms with Crippen LogP contribution in [0.25, 0.3) is 0 Å². The van der Waals surface area contributed by atoms with Gasteiger partial charge in [-0.1, -0.05) is 6.92 Å². The molecule has 3 N–H and O–H groups in total. The third-order valence-electron chi connectivity index (χ3n) is 4.78. The molecule has 0 spiro atoms. The van der Waals surface area contributed by atoms with Gasteiger partial charge in [0.2, 0.25) is 0 Å². The fraction of sp³-hybridized carbons (Fsp3) is 0.818. The van der Waals surface area contributed by atoms with Gasteiger partial charge >= 0.3 is 11.9 Å². The maximum Gasteiger partial charge on any atom is 0.333 e. The van der Waals surface area contributed by atoms with E-state index < -0.39 is 43.6 Å². The first kappa shape index (κ1) is 25.5. The lowest BCUT2D eigenvalue weighted by atomic mass is 8.58. The van der Waals surface area contributed by atoms with Crippen molar-refractivity contribution in [2.45, 2.75) is 45.6 Å². The molecule has 2 aliphatic rings. The fourth-order valence-corrected chi connectivity index (χ4v) is 1.94. The summed E-state index contributed by atoms with van der Waals surface area (Å²) in [6.45, 7) is 3.56. The smallest absolute Gasteiger partial charge is 0.333 e. The van der Waals surface area contributed by atoms with E-state index in [2.05, 4.69) is 0 Å². The topological polar surface area (TPSA) is 94.8 Å². The number of aliphatic hydroxyl groups is 1. The third kappa shape index (κ3) is 8.49. The molecule has 26 heavy (non-hydrogen) atoms. The first-order valence-corrected chi connectivity index (χ1v) is 8.36. The zero-order valence-corrected chi connectivity index (χ0v) is 15.3. The summed E-state index contributed by atoms with van der Waals surface area (Å²) in [5.41, 5.74) is -0.647. The molecule has 0 aromatic carbocycles. The van der Waals surface area contributed by atoms with E-state index in [0.29, 0.717) is 0 Å². The average Bonchev–Trinajstić information content (AvgIpc) is 3.38. The van der Waals surface area contributed by atoms with Crippen molar-refractivity contribution in [3.63, 3.8) is 0 Å². The van der Waals surface area contributed by atoms with Gasteiger partial charge in [0.15, 0.2) is 6.10 Å². The Morgan fingerprint density at radius 2 is 1.19 bits per heavy atom. The molecule has 0 aliphatic heterocycles. The molecule has 2 rings (SSSR count). The molecule has 0 aromatic heterocycles. The van der Waals surface area contributed by atoms with Crippen LogP contribution in [0.2, 0.25) is 0 Å². The van der Waals surface area contributed by atoms with Crippen LogP contribution < -0.4 is 0 Å². The second-order valence-corrected chi connectivity index (χ2v) is 7.57. The van der Waals surface area contributed by atoms with Crippen LogP contribution in [0.4, 0.5) is 0 Å². The van der Waals surface area contributed by atoms with Crippen LogP contribution in [0.1, 0.15) is 39.5 Å². The van der Waals surface area contributed by atoms with E-state index in [0.717, 1.165) is 25.7 Å². The lowest BCUT2D eigenvalue weighted by Gasteiger charge is -2.23. The molecule has 122 valence electrons. The third-order valence-corrected chi connectivity index (χ3v) is 4.78. The second-order valence-electron chi connectivity index (χ2n) is 7.57. The number of rotatable bonds is 6. The Morgan fingerprint density at radius 1 is 0.846 bits per heavy atom. The van der Waals surface area contributed by atoms with Crippen LogP contribution in [0.15, 0.2) is 0 Å². The molecule has 0 saturated heterocycles. The molecule has 1 unspecified atom stereocenters. The Balaban J connectivity index is 0.000000365. The van der Waals surface area contributed by atoms with E-state index in [4.69, 9.17) is 61.7 Å². The van der Waals surface area contributed by atoms with Crippen LogP contribution in [-0.2, 0) is 9.59 Å². The highest BCUT2D eigenvalue weighted by Crippen LogP contribution is 2.48. The standard InChI is InChI=1S/C6H10O3.C5H8O2.B10/c1-6(2-3-6)4(7)5(8)9;1-5(2-3-5)4(6)7;1-7(2)10(8(3)4)9(5)6/h4,7H,2-3H2,1H3,(H,8,9);2-3H2,1H3,(H,6,7);. The highest BCUT2D eigenvalue weighted by atomic mass is 16.4. The van der Waals surface area contributed by atoms with Gasteiger partial charge in [0, 0.05) is 77.4 Å². The van der Waals surface area contributed by atoms with Crippen molar-refractivity contribution in [1.82, 2.24) is 0 Å². The molecule has 0 amide bonds. The van der Waals surface area contributed by atoms with Gasteiger partial charge < -0.3 is 15.3 Å². The molecule has 0 aromatic rings. The van der Waals surface area contributed by atoms with Crippen molar-refractivity contribution in [2.75, 3.05) is 0 Å². The summed E-state index contributed by atoms with van der Waals surface area (Å²) < 4.78 is 0. The first-order valence-electron chi connectivity index (χ1n) is 8.36. The van der Waals surface area contributed by atoms with Gasteiger partial charge in [0.25, 0.3) is 0 Å². The van der Waals surface area contributed by atoms with Crippen molar-refractivity contribution >= 4 is 83.9 Å². The van der Waals surface area contributed by atoms with Crippen LogP contribution in [0.5, 0.6) is 0 Å². The van der Waals surface area contributed by atoms with Crippen LogP contribution in [0, 0.1) is 10.8 Å². The van der Waals surface area contributed by atoms with E-state index in [1.54, 1.807) is 13.8 Å². The first-order chi connectivity index (χ1) is 11.7. The predicted molar refractivity (Wildman–Crippen MR) is 114 cm³/mol. The zero-order chi connectivity index (χ0) is 20.9. The number of carboxylic acids is 2. The highest BCUT2D eigenvalue weighted by Gasteiger charge is 2.47. The van der Waals surface area contributed by atoms with E-state index in [9.17, 15) is 9.59 Å². The van der Waals surface area contributed by atoms with Crippen molar-refractivity contribution < 1.29 is 24.9 Å². The molecular formula is C11H18B10O5. The number of hydrogen-bond acceptors (Lipinski definition) is 3. The number of carbonyl (C=O) groups is 2. The minimum Gasteiger partial charge on any atom is -0.481 e. The van der Waals surface area contributed by atoms with Crippen molar-refractivity contribution in [3.05, 3.63) is 0 Å². The summed E-state index contributed by atoms with van der Waals surface area (Å²) in [6.07, 6.45) is -0.205. The lowest BCUT2D eigenvalue weighted by Crippen LogP contribution is -2.62. The average molecular weight is 338 g/mol. The molecule has 12 radical (unpaired) electrons. The maximum atomic E-state index is 10.1. The Labute approximate surface area is 165 Å². The monoisotopic (exact) mass is 340 g/mol. The molecule has 2 saturated carbocycles. The summed E-state index contributed by atoms with van der Waals surface area (Å²) in [7, 11) is 31.8. The van der Waals surface area contributed by atoms with Crippen LogP contribution in [0.3, 0.4) is 0 Å². The normalized spacial score (nSPS) is 18.4. The van der Waals surface area contributed by atoms with Crippen molar-refractivity contribution in [2.24, 2.45) is 10.8 Å². The molecule has 0 bridgehead atoms. The van der Waals surface area contributed by atoms with Crippen LogP contribution >= 0.6 is 0 Å². The van der Waals surface area contributed by atoms with Crippen molar-refractivity contribution in [3.8, 4) is 0 Å². The van der Waals surface area contributed by atoms with Crippen LogP contribution in [-0.4, -0.2) is 105 Å². The highest BCUT2D eigenvalue weighted by molar-refractivity contribution is 8.00. The quantitative estimate of drug-likeness (QED) is 0.458. The summed E-state index contributed by atoms with van der Waals surface area (Å²) >= 11 is 0. The summed E-state index contributed by atoms with van der Waals surface area (Å²) in [5.74, 6) is -1.75. The fourth-order valence-electron chi connectivity index (χ4n) is 1.94. The summed E-state index contributed by atoms with van der Waals surface area (Å²) in [4.78, 5) is 20.2. The summed E-state index contributed by atoms with van der Waals surface area (Å²) in [6, 6.07) is 0. The van der Waals surface area contributed by atoms with Gasteiger partial charge in [-0.25, -0.2) is 4.79 Å². The summed E-state index contributed by atoms with van der Waals surface area (Å²) in [5, 5.41) is 25.5. The second kappa shape index (κ2) is 10.2. The molecule has 2 aliphatic carbocycles. The van der Waals surface area contributed by atoms with Gasteiger partial charge in [-0.15, -0.1) is 0 Å². The number of hydrogen-bond donors (Lipinski definition) is 3. The van der Waals surface area contributed by atoms with E-state index in [1.165, 1.54) is 0 Å². The zero-order valence-electron chi connectivity index (χ0n) is 15.3. The van der Waals surface area contributed by atoms with E-state index in [1.807, 2.05) is 0 Å². The Bertz CT molecular complexity index is 461. The predicted octanol–water partition coefficient (Wildman–Crippen LogP) is -2.70. The molecule has 1 atom stereocenters. The van der Waals surface area contributed by atoms with E-state index >= 15 is 0 Å². The van der Waals surface area contributed by atoms with E-state index in [-0.39, 0.29) is 10.8 Å². The lowest BCUT2D eigenvalue weighted by molar-refractivity contribution is -0.150. The molecule has 5 nitrogen and oxygen atoms in total. The Hall–Kier alpha value is -0.451. The molecular weight excluding hydrogens is 320 g/mol. The Kier molecular flexibility index (Phi) is 10.0. The maximum absolute atomic E-state index is 10.1. The number of carboxylic acid groups (broad SMARTS) is 2. The van der Waals surface area contributed by atoms with Gasteiger partial charge in [0.1, 0.15) is 0 Å². The molecule has 0 heterocycles.